The molecular weight excluding hydrogens is 356 g/mol. The maximum absolute atomic E-state index is 11.5. The summed E-state index contributed by atoms with van der Waals surface area (Å²) < 4.78 is 6.98. The van der Waals surface area contributed by atoms with Crippen LogP contribution in [0.5, 0.6) is 0 Å². The summed E-state index contributed by atoms with van der Waals surface area (Å²) in [7, 11) is 0. The fourth-order valence-electron chi connectivity index (χ4n) is 9.80. The molecule has 2 heteroatoms. The Hall–Kier alpha value is -0.0800. The molecule has 5 rings (SSSR count). The fraction of sp³-hybridized carbons (Fsp3) is 1.00. The minimum Gasteiger partial charge on any atom is -0.390 e. The second-order valence-corrected chi connectivity index (χ2v) is 12.9. The first-order chi connectivity index (χ1) is 13.7. The Kier molecular flexibility index (Phi) is 4.81. The van der Waals surface area contributed by atoms with Crippen LogP contribution in [-0.2, 0) is 4.74 Å². The van der Waals surface area contributed by atoms with E-state index in [0.29, 0.717) is 11.3 Å². The van der Waals surface area contributed by atoms with Crippen molar-refractivity contribution in [2.75, 3.05) is 0 Å². The molecule has 0 radical (unpaired) electrons. The third-order valence-electron chi connectivity index (χ3n) is 11.3. The molecule has 0 bridgehead atoms. The molecule has 0 aromatic heterocycles. The van der Waals surface area contributed by atoms with Gasteiger partial charge in [0.25, 0.3) is 0 Å². The molecule has 1 saturated heterocycles. The molecule has 9 unspecified atom stereocenters. The van der Waals surface area contributed by atoms with Crippen molar-refractivity contribution in [1.29, 1.82) is 0 Å². The highest BCUT2D eigenvalue weighted by atomic mass is 16.6. The van der Waals surface area contributed by atoms with Crippen molar-refractivity contribution in [1.82, 2.24) is 0 Å². The van der Waals surface area contributed by atoms with Gasteiger partial charge in [0.1, 0.15) is 11.2 Å². The molecule has 9 atom stereocenters. The summed E-state index contributed by atoms with van der Waals surface area (Å²) in [5.74, 6) is 3.69. The molecule has 2 nitrogen and oxygen atoms in total. The van der Waals surface area contributed by atoms with Crippen molar-refractivity contribution >= 4 is 0 Å². The van der Waals surface area contributed by atoms with Crippen LogP contribution in [0.1, 0.15) is 112 Å². The number of aliphatic hydroxyl groups excluding tert-OH is 1. The summed E-state index contributed by atoms with van der Waals surface area (Å²) in [6, 6.07) is 0. The van der Waals surface area contributed by atoms with Crippen molar-refractivity contribution in [3.63, 3.8) is 0 Å². The number of rotatable bonds is 5. The highest BCUT2D eigenvalue weighted by molar-refractivity contribution is 5.36. The highest BCUT2D eigenvalue weighted by Gasteiger charge is 2.88. The van der Waals surface area contributed by atoms with Gasteiger partial charge >= 0.3 is 0 Å². The van der Waals surface area contributed by atoms with E-state index < -0.39 is 0 Å². The second-order valence-electron chi connectivity index (χ2n) is 12.9. The molecule has 4 saturated carbocycles. The van der Waals surface area contributed by atoms with Crippen LogP contribution in [0.3, 0.4) is 0 Å². The van der Waals surface area contributed by atoms with Crippen LogP contribution in [0.4, 0.5) is 0 Å². The summed E-state index contributed by atoms with van der Waals surface area (Å²) in [6.07, 6.45) is 15.5. The van der Waals surface area contributed by atoms with Crippen molar-refractivity contribution in [2.24, 2.45) is 40.4 Å². The van der Waals surface area contributed by atoms with Crippen LogP contribution in [0.15, 0.2) is 0 Å². The molecule has 1 heterocycles. The number of hydrogen-bond donors (Lipinski definition) is 1. The minimum absolute atomic E-state index is 0.00919. The number of epoxide rings is 1. The monoisotopic (exact) mass is 402 g/mol. The van der Waals surface area contributed by atoms with Crippen molar-refractivity contribution in [3.05, 3.63) is 0 Å². The molecule has 1 aliphatic heterocycles. The van der Waals surface area contributed by atoms with E-state index in [-0.39, 0.29) is 22.7 Å². The molecule has 0 amide bonds. The second kappa shape index (κ2) is 6.71. The topological polar surface area (TPSA) is 32.8 Å². The maximum atomic E-state index is 11.5. The SMILES string of the molecule is CC(C)CCCC(C)C1CCC23OC24C(O)CC2CCCCC2(C)C4CCC13C. The Morgan fingerprint density at radius 1 is 0.966 bits per heavy atom. The van der Waals surface area contributed by atoms with Gasteiger partial charge in [-0.25, -0.2) is 0 Å². The number of ether oxygens (including phenoxy) is 1. The smallest absolute Gasteiger partial charge is 0.128 e. The Labute approximate surface area is 179 Å². The van der Waals surface area contributed by atoms with Gasteiger partial charge in [-0.1, -0.05) is 66.7 Å². The molecule has 0 aromatic carbocycles. The fourth-order valence-corrected chi connectivity index (χ4v) is 9.80. The van der Waals surface area contributed by atoms with Gasteiger partial charge in [0.15, 0.2) is 0 Å². The van der Waals surface area contributed by atoms with E-state index in [1.54, 1.807) is 0 Å². The van der Waals surface area contributed by atoms with Gasteiger partial charge in [-0.3, -0.25) is 0 Å². The lowest BCUT2D eigenvalue weighted by Crippen LogP contribution is -2.63. The largest absolute Gasteiger partial charge is 0.390 e. The Morgan fingerprint density at radius 2 is 1.76 bits per heavy atom. The van der Waals surface area contributed by atoms with Crippen molar-refractivity contribution < 1.29 is 9.84 Å². The molecule has 0 aromatic rings. The molecule has 5 fully saturated rings. The van der Waals surface area contributed by atoms with Crippen LogP contribution in [0.2, 0.25) is 0 Å². The molecule has 2 spiro atoms. The van der Waals surface area contributed by atoms with Crippen LogP contribution in [-0.4, -0.2) is 22.4 Å². The first-order valence-corrected chi connectivity index (χ1v) is 13.1. The summed E-state index contributed by atoms with van der Waals surface area (Å²) in [5, 5.41) is 11.5. The van der Waals surface area contributed by atoms with E-state index in [0.717, 1.165) is 30.1 Å². The average Bonchev–Trinajstić information content (AvgIpc) is 3.26. The van der Waals surface area contributed by atoms with E-state index in [1.807, 2.05) is 0 Å². The van der Waals surface area contributed by atoms with E-state index in [9.17, 15) is 5.11 Å². The zero-order chi connectivity index (χ0) is 20.7. The van der Waals surface area contributed by atoms with E-state index in [4.69, 9.17) is 4.74 Å². The van der Waals surface area contributed by atoms with E-state index in [2.05, 4.69) is 34.6 Å². The van der Waals surface area contributed by atoms with E-state index >= 15 is 0 Å². The predicted molar refractivity (Wildman–Crippen MR) is 119 cm³/mol. The van der Waals surface area contributed by atoms with Gasteiger partial charge < -0.3 is 9.84 Å². The van der Waals surface area contributed by atoms with Gasteiger partial charge in [0.2, 0.25) is 0 Å². The summed E-state index contributed by atoms with van der Waals surface area (Å²) in [4.78, 5) is 0. The van der Waals surface area contributed by atoms with Crippen molar-refractivity contribution in [2.45, 2.75) is 129 Å². The van der Waals surface area contributed by atoms with Gasteiger partial charge in [-0.15, -0.1) is 0 Å². The molecule has 1 N–H and O–H groups in total. The molecule has 29 heavy (non-hydrogen) atoms. The summed E-state index contributed by atoms with van der Waals surface area (Å²) >= 11 is 0. The Balaban J connectivity index is 1.40. The Bertz CT molecular complexity index is 644. The van der Waals surface area contributed by atoms with Crippen LogP contribution in [0.25, 0.3) is 0 Å². The van der Waals surface area contributed by atoms with Crippen LogP contribution < -0.4 is 0 Å². The maximum Gasteiger partial charge on any atom is 0.128 e. The first-order valence-electron chi connectivity index (χ1n) is 13.1. The highest BCUT2D eigenvalue weighted by Crippen LogP contribution is 2.81. The van der Waals surface area contributed by atoms with Gasteiger partial charge in [0.05, 0.1) is 6.10 Å². The number of aliphatic hydroxyl groups is 1. The molecule has 5 aliphatic rings. The summed E-state index contributed by atoms with van der Waals surface area (Å²) in [5.41, 5.74) is 0.475. The molecular formula is C27H46O2. The quantitative estimate of drug-likeness (QED) is 0.516. The zero-order valence-corrected chi connectivity index (χ0v) is 19.8. The normalized spacial score (nSPS) is 54.3. The van der Waals surface area contributed by atoms with Gasteiger partial charge in [-0.05, 0) is 80.0 Å². The third kappa shape index (κ3) is 2.54. The van der Waals surface area contributed by atoms with Crippen LogP contribution >= 0.6 is 0 Å². The number of hydrogen-bond acceptors (Lipinski definition) is 2. The van der Waals surface area contributed by atoms with E-state index in [1.165, 1.54) is 70.6 Å². The van der Waals surface area contributed by atoms with Crippen molar-refractivity contribution in [3.8, 4) is 0 Å². The first kappa shape index (κ1) is 20.8. The third-order valence-corrected chi connectivity index (χ3v) is 11.3. The van der Waals surface area contributed by atoms with Gasteiger partial charge in [-0.2, -0.15) is 0 Å². The Morgan fingerprint density at radius 3 is 2.52 bits per heavy atom. The lowest BCUT2D eigenvalue weighted by Gasteiger charge is -2.59. The zero-order valence-electron chi connectivity index (χ0n) is 19.8. The molecule has 166 valence electrons. The standard InChI is InChI=1S/C27H46O2/c1-18(2)9-8-10-19(3)21-12-16-26-25(21,5)15-13-22-24(4)14-7-6-11-20(24)17-23(28)27(22,26)29-26/h18-23,28H,6-17H2,1-5H3. The van der Waals surface area contributed by atoms with Crippen LogP contribution in [0, 0.1) is 40.4 Å². The summed E-state index contributed by atoms with van der Waals surface area (Å²) in [6.45, 7) is 12.4. The predicted octanol–water partition coefficient (Wildman–Crippen LogP) is 6.74. The lowest BCUT2D eigenvalue weighted by molar-refractivity contribution is -0.130. The lowest BCUT2D eigenvalue weighted by atomic mass is 9.44. The minimum atomic E-state index is -0.224. The van der Waals surface area contributed by atoms with Gasteiger partial charge in [0, 0.05) is 5.41 Å². The number of fused-ring (bicyclic) bond motifs is 2. The molecule has 4 aliphatic carbocycles. The average molecular weight is 403 g/mol.